The van der Waals surface area contributed by atoms with Crippen LogP contribution >= 0.6 is 0 Å². The molecule has 0 aromatic heterocycles. The molecule has 1 aliphatic carbocycles. The van der Waals surface area contributed by atoms with Crippen molar-refractivity contribution in [2.75, 3.05) is 18.0 Å². The fourth-order valence-electron chi connectivity index (χ4n) is 2.29. The lowest BCUT2D eigenvalue weighted by Crippen LogP contribution is -2.28. The molecule has 100 valence electrons. The van der Waals surface area contributed by atoms with Crippen LogP contribution in [-0.4, -0.2) is 19.1 Å². The van der Waals surface area contributed by atoms with Crippen molar-refractivity contribution in [1.29, 1.82) is 0 Å². The molecule has 1 aromatic carbocycles. The molecule has 0 radical (unpaired) electrons. The van der Waals surface area contributed by atoms with E-state index in [0.29, 0.717) is 6.04 Å². The average molecular weight is 246 g/mol. The summed E-state index contributed by atoms with van der Waals surface area (Å²) in [5.41, 5.74) is 2.84. The van der Waals surface area contributed by atoms with Crippen molar-refractivity contribution in [2.24, 2.45) is 5.92 Å². The molecule has 0 aliphatic heterocycles. The third kappa shape index (κ3) is 3.74. The molecule has 2 rings (SSSR count). The van der Waals surface area contributed by atoms with Gasteiger partial charge >= 0.3 is 0 Å². The molecule has 18 heavy (non-hydrogen) atoms. The normalized spacial score (nSPS) is 15.1. The number of nitrogens with zero attached hydrogens (tertiary/aromatic N) is 1. The SMILES string of the molecule is CCN(CC1CC1)c1ccccc1CNC(C)C. The third-order valence-electron chi connectivity index (χ3n) is 3.59. The van der Waals surface area contributed by atoms with Crippen molar-refractivity contribution in [3.63, 3.8) is 0 Å². The molecule has 1 fully saturated rings. The Bertz CT molecular complexity index is 369. The highest BCUT2D eigenvalue weighted by Crippen LogP contribution is 2.32. The van der Waals surface area contributed by atoms with Gasteiger partial charge in [-0.3, -0.25) is 0 Å². The molecular formula is C16H26N2. The van der Waals surface area contributed by atoms with Crippen molar-refractivity contribution in [2.45, 2.75) is 46.2 Å². The van der Waals surface area contributed by atoms with Crippen LogP contribution in [0.15, 0.2) is 24.3 Å². The van der Waals surface area contributed by atoms with Crippen LogP contribution in [0.4, 0.5) is 5.69 Å². The monoisotopic (exact) mass is 246 g/mol. The van der Waals surface area contributed by atoms with E-state index in [1.54, 1.807) is 0 Å². The predicted molar refractivity (Wildman–Crippen MR) is 79.0 cm³/mol. The molecular weight excluding hydrogens is 220 g/mol. The molecule has 1 aliphatic rings. The summed E-state index contributed by atoms with van der Waals surface area (Å²) in [7, 11) is 0. The first-order chi connectivity index (χ1) is 8.70. The molecule has 0 spiro atoms. The zero-order valence-electron chi connectivity index (χ0n) is 11.9. The second kappa shape index (κ2) is 6.24. The lowest BCUT2D eigenvalue weighted by atomic mass is 10.1. The van der Waals surface area contributed by atoms with Crippen molar-refractivity contribution in [1.82, 2.24) is 5.32 Å². The van der Waals surface area contributed by atoms with Crippen LogP contribution in [0.25, 0.3) is 0 Å². The van der Waals surface area contributed by atoms with Crippen LogP contribution in [0.5, 0.6) is 0 Å². The van der Waals surface area contributed by atoms with Gasteiger partial charge in [-0.2, -0.15) is 0 Å². The van der Waals surface area contributed by atoms with Gasteiger partial charge in [-0.05, 0) is 37.3 Å². The topological polar surface area (TPSA) is 15.3 Å². The van der Waals surface area contributed by atoms with Crippen LogP contribution in [0.2, 0.25) is 0 Å². The van der Waals surface area contributed by atoms with Gasteiger partial charge in [0.1, 0.15) is 0 Å². The molecule has 0 heterocycles. The molecule has 0 atom stereocenters. The van der Waals surface area contributed by atoms with Crippen molar-refractivity contribution in [3.05, 3.63) is 29.8 Å². The van der Waals surface area contributed by atoms with Gasteiger partial charge in [-0.15, -0.1) is 0 Å². The van der Waals surface area contributed by atoms with E-state index in [9.17, 15) is 0 Å². The smallest absolute Gasteiger partial charge is 0.0411 e. The fraction of sp³-hybridized carbons (Fsp3) is 0.625. The van der Waals surface area contributed by atoms with Gasteiger partial charge in [0, 0.05) is 31.4 Å². The number of rotatable bonds is 7. The molecule has 0 bridgehead atoms. The van der Waals surface area contributed by atoms with E-state index in [1.165, 1.54) is 30.6 Å². The van der Waals surface area contributed by atoms with Crippen molar-refractivity contribution < 1.29 is 0 Å². The fourth-order valence-corrected chi connectivity index (χ4v) is 2.29. The third-order valence-corrected chi connectivity index (χ3v) is 3.59. The van der Waals surface area contributed by atoms with Gasteiger partial charge in [0.15, 0.2) is 0 Å². The predicted octanol–water partition coefficient (Wildman–Crippen LogP) is 3.42. The largest absolute Gasteiger partial charge is 0.371 e. The number of hydrogen-bond donors (Lipinski definition) is 1. The maximum atomic E-state index is 3.52. The molecule has 2 nitrogen and oxygen atoms in total. The number of benzene rings is 1. The van der Waals surface area contributed by atoms with Crippen LogP contribution in [0, 0.1) is 5.92 Å². The summed E-state index contributed by atoms with van der Waals surface area (Å²) in [4.78, 5) is 2.54. The summed E-state index contributed by atoms with van der Waals surface area (Å²) in [5.74, 6) is 0.941. The van der Waals surface area contributed by atoms with E-state index < -0.39 is 0 Å². The van der Waals surface area contributed by atoms with Crippen molar-refractivity contribution in [3.8, 4) is 0 Å². The minimum atomic E-state index is 0.538. The molecule has 1 N–H and O–H groups in total. The van der Waals surface area contributed by atoms with Gasteiger partial charge in [-0.1, -0.05) is 32.0 Å². The average Bonchev–Trinajstić information content (AvgIpc) is 3.18. The summed E-state index contributed by atoms with van der Waals surface area (Å²) in [6.07, 6.45) is 2.84. The van der Waals surface area contributed by atoms with Crippen LogP contribution < -0.4 is 10.2 Å². The van der Waals surface area contributed by atoms with E-state index >= 15 is 0 Å². The second-order valence-corrected chi connectivity index (χ2v) is 5.65. The first-order valence-electron chi connectivity index (χ1n) is 7.27. The Morgan fingerprint density at radius 3 is 2.61 bits per heavy atom. The molecule has 2 heteroatoms. The zero-order chi connectivity index (χ0) is 13.0. The summed E-state index contributed by atoms with van der Waals surface area (Å²) in [6.45, 7) is 9.96. The summed E-state index contributed by atoms with van der Waals surface area (Å²) in [6, 6.07) is 9.36. The summed E-state index contributed by atoms with van der Waals surface area (Å²) < 4.78 is 0. The van der Waals surface area contributed by atoms with Crippen molar-refractivity contribution >= 4 is 5.69 Å². The minimum absolute atomic E-state index is 0.538. The maximum Gasteiger partial charge on any atom is 0.0411 e. The quantitative estimate of drug-likeness (QED) is 0.793. The van der Waals surface area contributed by atoms with Crippen LogP contribution in [-0.2, 0) is 6.54 Å². The van der Waals surface area contributed by atoms with E-state index in [0.717, 1.165) is 19.0 Å². The molecule has 1 aromatic rings. The Kier molecular flexibility index (Phi) is 4.65. The van der Waals surface area contributed by atoms with Crippen LogP contribution in [0.1, 0.15) is 39.2 Å². The zero-order valence-corrected chi connectivity index (χ0v) is 11.9. The lowest BCUT2D eigenvalue weighted by Gasteiger charge is -2.26. The summed E-state index contributed by atoms with van der Waals surface area (Å²) in [5, 5.41) is 3.52. The van der Waals surface area contributed by atoms with Gasteiger partial charge in [-0.25, -0.2) is 0 Å². The summed E-state index contributed by atoms with van der Waals surface area (Å²) >= 11 is 0. The number of para-hydroxylation sites is 1. The first kappa shape index (κ1) is 13.4. The Hall–Kier alpha value is -1.02. The Morgan fingerprint density at radius 2 is 2.00 bits per heavy atom. The highest BCUT2D eigenvalue weighted by molar-refractivity contribution is 5.53. The van der Waals surface area contributed by atoms with E-state index in [1.807, 2.05) is 0 Å². The molecule has 0 unspecified atom stereocenters. The Balaban J connectivity index is 2.08. The molecule has 1 saturated carbocycles. The van der Waals surface area contributed by atoms with Gasteiger partial charge in [0.05, 0.1) is 0 Å². The first-order valence-corrected chi connectivity index (χ1v) is 7.27. The number of nitrogens with one attached hydrogen (secondary N) is 1. The minimum Gasteiger partial charge on any atom is -0.371 e. The van der Waals surface area contributed by atoms with Gasteiger partial charge < -0.3 is 10.2 Å². The molecule has 0 amide bonds. The van der Waals surface area contributed by atoms with Crippen LogP contribution in [0.3, 0.4) is 0 Å². The number of anilines is 1. The molecule has 0 saturated heterocycles. The van der Waals surface area contributed by atoms with E-state index in [-0.39, 0.29) is 0 Å². The van der Waals surface area contributed by atoms with E-state index in [4.69, 9.17) is 0 Å². The number of hydrogen-bond acceptors (Lipinski definition) is 2. The maximum absolute atomic E-state index is 3.52. The van der Waals surface area contributed by atoms with Gasteiger partial charge in [0.25, 0.3) is 0 Å². The highest BCUT2D eigenvalue weighted by atomic mass is 15.1. The second-order valence-electron chi connectivity index (χ2n) is 5.65. The lowest BCUT2D eigenvalue weighted by molar-refractivity contribution is 0.587. The standard InChI is InChI=1S/C16H26N2/c1-4-18(12-14-9-10-14)16-8-6-5-7-15(16)11-17-13(2)3/h5-8,13-14,17H,4,9-12H2,1-3H3. The Morgan fingerprint density at radius 1 is 1.28 bits per heavy atom. The highest BCUT2D eigenvalue weighted by Gasteiger charge is 2.24. The van der Waals surface area contributed by atoms with E-state index in [2.05, 4.69) is 55.3 Å². The van der Waals surface area contributed by atoms with Gasteiger partial charge in [0.2, 0.25) is 0 Å². The Labute approximate surface area is 111 Å².